The van der Waals surface area contributed by atoms with Gasteiger partial charge in [0.2, 0.25) is 0 Å². The van der Waals surface area contributed by atoms with Crippen LogP contribution in [0.1, 0.15) is 29.3 Å². The lowest BCUT2D eigenvalue weighted by molar-refractivity contribution is 0.100. The van der Waals surface area contributed by atoms with Gasteiger partial charge in [0, 0.05) is 12.2 Å². The van der Waals surface area contributed by atoms with Gasteiger partial charge in [0.1, 0.15) is 0 Å². The second-order valence-electron chi connectivity index (χ2n) is 4.58. The molecule has 1 unspecified atom stereocenters. The van der Waals surface area contributed by atoms with Gasteiger partial charge in [0.25, 0.3) is 5.91 Å². The molecule has 19 heavy (non-hydrogen) atoms. The first kappa shape index (κ1) is 13.3. The van der Waals surface area contributed by atoms with Crippen LogP contribution in [0.4, 0.5) is 0 Å². The van der Waals surface area contributed by atoms with E-state index >= 15 is 0 Å². The molecule has 1 heterocycles. The summed E-state index contributed by atoms with van der Waals surface area (Å²) in [5.74, 6) is -0.475. The molecule has 2 rings (SSSR count). The van der Waals surface area contributed by atoms with Crippen molar-refractivity contribution in [3.8, 4) is 5.69 Å². The number of benzene rings is 1. The predicted molar refractivity (Wildman–Crippen MR) is 74.1 cm³/mol. The number of nitrogens with zero attached hydrogens (tertiary/aromatic N) is 2. The third-order valence-corrected chi connectivity index (χ3v) is 3.09. The number of hydrogen-bond donors (Lipinski definition) is 2. The predicted octanol–water partition coefficient (Wildman–Crippen LogP) is 1.25. The molecule has 0 saturated carbocycles. The number of rotatable bonds is 5. The molecule has 2 aromatic rings. The number of carbonyl (C=O) groups is 1. The van der Waals surface area contributed by atoms with Gasteiger partial charge < -0.3 is 11.5 Å². The highest BCUT2D eigenvalue weighted by atomic mass is 16.1. The molecule has 1 amide bonds. The zero-order valence-corrected chi connectivity index (χ0v) is 10.9. The Morgan fingerprint density at radius 2 is 2.05 bits per heavy atom. The van der Waals surface area contributed by atoms with Gasteiger partial charge >= 0.3 is 0 Å². The van der Waals surface area contributed by atoms with E-state index < -0.39 is 5.91 Å². The number of carbonyl (C=O) groups excluding carboxylic acids is 1. The molecule has 0 fully saturated rings. The number of amides is 1. The first-order valence-corrected chi connectivity index (χ1v) is 6.29. The van der Waals surface area contributed by atoms with Crippen molar-refractivity contribution in [2.24, 2.45) is 11.5 Å². The van der Waals surface area contributed by atoms with Crippen LogP contribution in [0.5, 0.6) is 0 Å². The summed E-state index contributed by atoms with van der Waals surface area (Å²) >= 11 is 0. The number of hydrogen-bond acceptors (Lipinski definition) is 3. The van der Waals surface area contributed by atoms with Crippen LogP contribution < -0.4 is 11.5 Å². The third kappa shape index (κ3) is 3.20. The van der Waals surface area contributed by atoms with E-state index in [1.54, 1.807) is 10.9 Å². The number of primary amides is 1. The fraction of sp³-hybridized carbons (Fsp3) is 0.286. The lowest BCUT2D eigenvalue weighted by Crippen LogP contribution is -2.21. The Morgan fingerprint density at radius 1 is 1.37 bits per heavy atom. The summed E-state index contributed by atoms with van der Waals surface area (Å²) in [5, 5.41) is 4.11. The maximum absolute atomic E-state index is 11.0. The topological polar surface area (TPSA) is 86.9 Å². The van der Waals surface area contributed by atoms with Crippen molar-refractivity contribution in [3.05, 3.63) is 47.8 Å². The van der Waals surface area contributed by atoms with Crippen molar-refractivity contribution in [2.75, 3.05) is 0 Å². The van der Waals surface area contributed by atoms with Crippen molar-refractivity contribution >= 4 is 5.91 Å². The molecule has 1 atom stereocenters. The van der Waals surface area contributed by atoms with Gasteiger partial charge in [-0.1, -0.05) is 19.1 Å². The van der Waals surface area contributed by atoms with Crippen molar-refractivity contribution in [3.63, 3.8) is 0 Å². The third-order valence-electron chi connectivity index (χ3n) is 3.09. The minimum Gasteiger partial charge on any atom is -0.366 e. The van der Waals surface area contributed by atoms with Crippen LogP contribution in [0, 0.1) is 0 Å². The summed E-state index contributed by atoms with van der Waals surface area (Å²) in [6, 6.07) is 8.15. The Kier molecular flexibility index (Phi) is 3.97. The van der Waals surface area contributed by atoms with Crippen molar-refractivity contribution in [1.82, 2.24) is 9.78 Å². The minimum atomic E-state index is -0.475. The van der Waals surface area contributed by atoms with Crippen molar-refractivity contribution < 1.29 is 4.79 Å². The van der Waals surface area contributed by atoms with Gasteiger partial charge in [0.15, 0.2) is 0 Å². The highest BCUT2D eigenvalue weighted by molar-refractivity contribution is 5.92. The van der Waals surface area contributed by atoms with Crippen LogP contribution in [-0.4, -0.2) is 21.7 Å². The summed E-state index contributed by atoms with van der Waals surface area (Å²) in [6.07, 6.45) is 4.91. The summed E-state index contributed by atoms with van der Waals surface area (Å²) in [5.41, 5.74) is 13.6. The summed E-state index contributed by atoms with van der Waals surface area (Å²) in [4.78, 5) is 11.0. The van der Waals surface area contributed by atoms with Crippen molar-refractivity contribution in [2.45, 2.75) is 25.8 Å². The van der Waals surface area contributed by atoms with Gasteiger partial charge in [-0.05, 0) is 30.5 Å². The largest absolute Gasteiger partial charge is 0.366 e. The Bertz CT molecular complexity index is 559. The second-order valence-corrected chi connectivity index (χ2v) is 4.58. The van der Waals surface area contributed by atoms with Crippen LogP contribution in [0.15, 0.2) is 36.7 Å². The Morgan fingerprint density at radius 3 is 2.58 bits per heavy atom. The fourth-order valence-electron chi connectivity index (χ4n) is 1.82. The second kappa shape index (κ2) is 5.67. The molecule has 100 valence electrons. The van der Waals surface area contributed by atoms with Crippen molar-refractivity contribution in [1.29, 1.82) is 0 Å². The molecule has 4 N–H and O–H groups in total. The molecule has 0 aliphatic heterocycles. The molecule has 0 saturated heterocycles. The molecule has 5 nitrogen and oxygen atoms in total. The van der Waals surface area contributed by atoms with E-state index in [9.17, 15) is 4.79 Å². The molecule has 0 aliphatic rings. The fourth-order valence-corrected chi connectivity index (χ4v) is 1.82. The van der Waals surface area contributed by atoms with Crippen LogP contribution in [0.2, 0.25) is 0 Å². The maximum Gasteiger partial charge on any atom is 0.251 e. The van der Waals surface area contributed by atoms with Crippen LogP contribution >= 0.6 is 0 Å². The molecule has 0 spiro atoms. The molecule has 0 bridgehead atoms. The van der Waals surface area contributed by atoms with Crippen LogP contribution in [0.3, 0.4) is 0 Å². The van der Waals surface area contributed by atoms with Crippen LogP contribution in [-0.2, 0) is 6.42 Å². The Labute approximate surface area is 112 Å². The lowest BCUT2D eigenvalue weighted by atomic mass is 10.0. The highest BCUT2D eigenvalue weighted by Gasteiger charge is 2.06. The zero-order valence-electron chi connectivity index (χ0n) is 10.9. The van der Waals surface area contributed by atoms with Gasteiger partial charge in [-0.3, -0.25) is 4.79 Å². The molecule has 1 aromatic heterocycles. The average molecular weight is 258 g/mol. The van der Waals surface area contributed by atoms with E-state index in [1.807, 2.05) is 24.3 Å². The van der Waals surface area contributed by atoms with Gasteiger partial charge in [-0.15, -0.1) is 0 Å². The van der Waals surface area contributed by atoms with E-state index in [4.69, 9.17) is 11.5 Å². The first-order chi connectivity index (χ1) is 9.10. The van der Waals surface area contributed by atoms with Gasteiger partial charge in [-0.25, -0.2) is 4.68 Å². The first-order valence-electron chi connectivity index (χ1n) is 6.29. The number of aromatic nitrogens is 2. The molecular weight excluding hydrogens is 240 g/mol. The zero-order chi connectivity index (χ0) is 13.8. The molecule has 0 radical (unpaired) electrons. The number of nitrogens with two attached hydrogens (primary N) is 2. The summed E-state index contributed by atoms with van der Waals surface area (Å²) in [6.45, 7) is 2.08. The molecule has 5 heteroatoms. The van der Waals surface area contributed by atoms with E-state index in [0.29, 0.717) is 5.56 Å². The molecule has 1 aromatic carbocycles. The quantitative estimate of drug-likeness (QED) is 0.846. The van der Waals surface area contributed by atoms with E-state index in [-0.39, 0.29) is 6.04 Å². The maximum atomic E-state index is 11.0. The normalized spacial score (nSPS) is 12.3. The monoisotopic (exact) mass is 258 g/mol. The minimum absolute atomic E-state index is 0.192. The standard InChI is InChI=1S/C14H18N4O/c1-2-12(15)7-10-3-5-13(6-4-10)18-9-11(8-17-18)14(16)19/h3-6,8-9,12H,2,7,15H2,1H3,(H2,16,19). The van der Waals surface area contributed by atoms with Gasteiger partial charge in [-0.2, -0.15) is 5.10 Å². The lowest BCUT2D eigenvalue weighted by Gasteiger charge is -2.09. The van der Waals surface area contributed by atoms with E-state index in [2.05, 4.69) is 12.0 Å². The van der Waals surface area contributed by atoms with E-state index in [1.165, 1.54) is 11.8 Å². The smallest absolute Gasteiger partial charge is 0.251 e. The SMILES string of the molecule is CCC(N)Cc1ccc(-n2cc(C(N)=O)cn2)cc1. The Hall–Kier alpha value is -2.14. The summed E-state index contributed by atoms with van der Waals surface area (Å²) < 4.78 is 1.63. The van der Waals surface area contributed by atoms with E-state index in [0.717, 1.165) is 18.5 Å². The molecular formula is C14H18N4O. The summed E-state index contributed by atoms with van der Waals surface area (Å²) in [7, 11) is 0. The molecule has 0 aliphatic carbocycles. The highest BCUT2D eigenvalue weighted by Crippen LogP contribution is 2.11. The average Bonchev–Trinajstić information content (AvgIpc) is 2.89. The van der Waals surface area contributed by atoms with Crippen LogP contribution in [0.25, 0.3) is 5.69 Å². The Balaban J connectivity index is 2.15. The van der Waals surface area contributed by atoms with Gasteiger partial charge in [0.05, 0.1) is 17.4 Å².